The molecule has 1 aromatic rings. The smallest absolute Gasteiger partial charge is 0.124 e. The van der Waals surface area contributed by atoms with Crippen LogP contribution in [0.4, 0.5) is 10.1 Å². The molecule has 0 heterocycles. The van der Waals surface area contributed by atoms with E-state index >= 15 is 0 Å². The Labute approximate surface area is 89.7 Å². The summed E-state index contributed by atoms with van der Waals surface area (Å²) in [4.78, 5) is 0. The Morgan fingerprint density at radius 3 is 2.20 bits per heavy atom. The molecule has 3 heteroatoms. The molecule has 0 saturated heterocycles. The van der Waals surface area contributed by atoms with Gasteiger partial charge in [-0.1, -0.05) is 13.8 Å². The average Bonchev–Trinajstić information content (AvgIpc) is 2.29. The van der Waals surface area contributed by atoms with E-state index < -0.39 is 5.54 Å². The molecule has 0 aliphatic carbocycles. The highest BCUT2D eigenvalue weighted by atomic mass is 19.1. The van der Waals surface area contributed by atoms with Crippen LogP contribution in [0.15, 0.2) is 24.3 Å². The van der Waals surface area contributed by atoms with Crippen molar-refractivity contribution in [3.8, 4) is 6.07 Å². The third-order valence-electron chi connectivity index (χ3n) is 2.65. The molecule has 15 heavy (non-hydrogen) atoms. The van der Waals surface area contributed by atoms with Crippen molar-refractivity contribution in [3.63, 3.8) is 0 Å². The number of rotatable bonds is 4. The predicted molar refractivity (Wildman–Crippen MR) is 58.9 cm³/mol. The van der Waals surface area contributed by atoms with Crippen LogP contribution in [0.25, 0.3) is 0 Å². The fraction of sp³-hybridized carbons (Fsp3) is 0.417. The van der Waals surface area contributed by atoms with E-state index in [0.717, 1.165) is 18.5 Å². The first-order valence-electron chi connectivity index (χ1n) is 5.11. The van der Waals surface area contributed by atoms with Crippen molar-refractivity contribution in [2.45, 2.75) is 32.2 Å². The highest BCUT2D eigenvalue weighted by molar-refractivity contribution is 5.47. The molecular weight excluding hydrogens is 191 g/mol. The summed E-state index contributed by atoms with van der Waals surface area (Å²) in [6.45, 7) is 3.92. The van der Waals surface area contributed by atoms with Crippen LogP contribution in [0.1, 0.15) is 26.7 Å². The first-order chi connectivity index (χ1) is 7.15. The maximum Gasteiger partial charge on any atom is 0.124 e. The molecule has 1 N–H and O–H groups in total. The van der Waals surface area contributed by atoms with Crippen LogP contribution in [-0.2, 0) is 0 Å². The monoisotopic (exact) mass is 206 g/mol. The van der Waals surface area contributed by atoms with E-state index in [1.54, 1.807) is 12.1 Å². The number of hydrogen-bond donors (Lipinski definition) is 1. The van der Waals surface area contributed by atoms with Crippen molar-refractivity contribution in [2.75, 3.05) is 5.32 Å². The van der Waals surface area contributed by atoms with Crippen molar-refractivity contribution in [1.82, 2.24) is 0 Å². The van der Waals surface area contributed by atoms with Crippen LogP contribution < -0.4 is 5.32 Å². The van der Waals surface area contributed by atoms with Gasteiger partial charge in [0.05, 0.1) is 6.07 Å². The molecular formula is C12H15FN2. The first kappa shape index (κ1) is 11.5. The van der Waals surface area contributed by atoms with E-state index in [2.05, 4.69) is 11.4 Å². The molecule has 0 bridgehead atoms. The summed E-state index contributed by atoms with van der Waals surface area (Å²) >= 11 is 0. The van der Waals surface area contributed by atoms with Crippen LogP contribution >= 0.6 is 0 Å². The summed E-state index contributed by atoms with van der Waals surface area (Å²) in [5.74, 6) is -0.267. The largest absolute Gasteiger partial charge is 0.367 e. The molecule has 0 amide bonds. The van der Waals surface area contributed by atoms with E-state index in [1.807, 2.05) is 13.8 Å². The van der Waals surface area contributed by atoms with E-state index in [4.69, 9.17) is 5.26 Å². The van der Waals surface area contributed by atoms with E-state index in [1.165, 1.54) is 12.1 Å². The van der Waals surface area contributed by atoms with Crippen molar-refractivity contribution in [1.29, 1.82) is 5.26 Å². The van der Waals surface area contributed by atoms with Crippen LogP contribution in [0.3, 0.4) is 0 Å². The molecule has 0 aromatic heterocycles. The second-order valence-electron chi connectivity index (χ2n) is 3.53. The molecule has 0 aliphatic rings. The number of nitrogens with one attached hydrogen (secondary N) is 1. The van der Waals surface area contributed by atoms with Gasteiger partial charge in [0.25, 0.3) is 0 Å². The van der Waals surface area contributed by atoms with E-state index in [-0.39, 0.29) is 5.82 Å². The van der Waals surface area contributed by atoms with Crippen LogP contribution in [0.5, 0.6) is 0 Å². The van der Waals surface area contributed by atoms with Gasteiger partial charge in [-0.05, 0) is 37.1 Å². The summed E-state index contributed by atoms with van der Waals surface area (Å²) in [7, 11) is 0. The Morgan fingerprint density at radius 1 is 1.27 bits per heavy atom. The van der Waals surface area contributed by atoms with Crippen molar-refractivity contribution >= 4 is 5.69 Å². The lowest BCUT2D eigenvalue weighted by Crippen LogP contribution is -2.34. The first-order valence-corrected chi connectivity index (χ1v) is 5.11. The molecule has 0 unspecified atom stereocenters. The molecule has 0 spiro atoms. The SMILES string of the molecule is CCC(C#N)(CC)Nc1ccc(F)cc1. The third kappa shape index (κ3) is 2.69. The summed E-state index contributed by atoms with van der Waals surface area (Å²) in [6.07, 6.45) is 1.44. The highest BCUT2D eigenvalue weighted by Crippen LogP contribution is 2.21. The molecule has 0 aliphatic heterocycles. The number of hydrogen-bond acceptors (Lipinski definition) is 2. The third-order valence-corrected chi connectivity index (χ3v) is 2.65. The van der Waals surface area contributed by atoms with Crippen molar-refractivity contribution < 1.29 is 4.39 Å². The zero-order valence-electron chi connectivity index (χ0n) is 9.05. The second kappa shape index (κ2) is 4.79. The molecule has 1 rings (SSSR count). The van der Waals surface area contributed by atoms with Gasteiger partial charge in [0.2, 0.25) is 0 Å². The molecule has 0 atom stereocenters. The maximum absolute atomic E-state index is 12.7. The summed E-state index contributed by atoms with van der Waals surface area (Å²) in [5.41, 5.74) is 0.235. The Kier molecular flexibility index (Phi) is 3.68. The summed E-state index contributed by atoms with van der Waals surface area (Å²) in [6, 6.07) is 8.33. The number of halogens is 1. The molecule has 0 saturated carbocycles. The lowest BCUT2D eigenvalue weighted by molar-refractivity contribution is 0.548. The molecule has 0 radical (unpaired) electrons. The highest BCUT2D eigenvalue weighted by Gasteiger charge is 2.24. The predicted octanol–water partition coefficient (Wildman–Crippen LogP) is 3.32. The molecule has 1 aromatic carbocycles. The fourth-order valence-electron chi connectivity index (χ4n) is 1.42. The van der Waals surface area contributed by atoms with Gasteiger partial charge >= 0.3 is 0 Å². The van der Waals surface area contributed by atoms with Gasteiger partial charge < -0.3 is 5.32 Å². The number of nitrogens with zero attached hydrogens (tertiary/aromatic N) is 1. The van der Waals surface area contributed by atoms with Gasteiger partial charge in [-0.2, -0.15) is 5.26 Å². The number of nitriles is 1. The van der Waals surface area contributed by atoms with Crippen LogP contribution in [-0.4, -0.2) is 5.54 Å². The zero-order valence-corrected chi connectivity index (χ0v) is 9.05. The van der Waals surface area contributed by atoms with Crippen molar-refractivity contribution in [3.05, 3.63) is 30.1 Å². The van der Waals surface area contributed by atoms with Gasteiger partial charge in [-0.3, -0.25) is 0 Å². The van der Waals surface area contributed by atoms with Gasteiger partial charge in [-0.25, -0.2) is 4.39 Å². The molecule has 2 nitrogen and oxygen atoms in total. The Hall–Kier alpha value is -1.56. The van der Waals surface area contributed by atoms with Crippen molar-refractivity contribution in [2.24, 2.45) is 0 Å². The lowest BCUT2D eigenvalue weighted by Gasteiger charge is -2.26. The van der Waals surface area contributed by atoms with Gasteiger partial charge in [0.15, 0.2) is 0 Å². The van der Waals surface area contributed by atoms with Gasteiger partial charge in [0, 0.05) is 5.69 Å². The minimum Gasteiger partial charge on any atom is -0.367 e. The van der Waals surface area contributed by atoms with Crippen LogP contribution in [0, 0.1) is 17.1 Å². The molecule has 80 valence electrons. The average molecular weight is 206 g/mol. The summed E-state index contributed by atoms with van der Waals surface area (Å²) in [5, 5.41) is 12.2. The number of anilines is 1. The minimum absolute atomic E-state index is 0.267. The fourth-order valence-corrected chi connectivity index (χ4v) is 1.42. The van der Waals surface area contributed by atoms with Gasteiger partial charge in [-0.15, -0.1) is 0 Å². The number of benzene rings is 1. The topological polar surface area (TPSA) is 35.8 Å². The van der Waals surface area contributed by atoms with Crippen LogP contribution in [0.2, 0.25) is 0 Å². The van der Waals surface area contributed by atoms with E-state index in [9.17, 15) is 4.39 Å². The lowest BCUT2D eigenvalue weighted by atomic mass is 9.94. The second-order valence-corrected chi connectivity index (χ2v) is 3.53. The van der Waals surface area contributed by atoms with Gasteiger partial charge in [0.1, 0.15) is 11.4 Å². The normalized spacial score (nSPS) is 10.8. The van der Waals surface area contributed by atoms with E-state index in [0.29, 0.717) is 0 Å². The minimum atomic E-state index is -0.544. The maximum atomic E-state index is 12.7. The zero-order chi connectivity index (χ0) is 11.3. The Balaban J connectivity index is 2.84. The Bertz CT molecular complexity index is 347. The standard InChI is InChI=1S/C12H15FN2/c1-3-12(4-2,9-14)15-11-7-5-10(13)6-8-11/h5-8,15H,3-4H2,1-2H3. The quantitative estimate of drug-likeness (QED) is 0.820. The molecule has 0 fully saturated rings. The Morgan fingerprint density at radius 2 is 1.80 bits per heavy atom. The summed E-state index contributed by atoms with van der Waals surface area (Å²) < 4.78 is 12.7.